The fourth-order valence-electron chi connectivity index (χ4n) is 1.37. The Morgan fingerprint density at radius 3 is 2.35 bits per heavy atom. The average molecular weight is 326 g/mol. The maximum absolute atomic E-state index is 13.4. The smallest absolute Gasteiger partial charge is 0.282 e. The summed E-state index contributed by atoms with van der Waals surface area (Å²) >= 11 is 5.71. The van der Waals surface area contributed by atoms with E-state index >= 15 is 0 Å². The monoisotopic (exact) mass is 325 g/mol. The van der Waals surface area contributed by atoms with Crippen LogP contribution in [0.3, 0.4) is 0 Å². The lowest BCUT2D eigenvalue weighted by Crippen LogP contribution is -2.15. The van der Waals surface area contributed by atoms with E-state index < -0.39 is 38.2 Å². The molecule has 0 radical (unpaired) electrons. The molecule has 0 aliphatic carbocycles. The van der Waals surface area contributed by atoms with Gasteiger partial charge in [0.1, 0.15) is 11.0 Å². The van der Waals surface area contributed by atoms with Crippen molar-refractivity contribution in [2.75, 3.05) is 4.72 Å². The van der Waals surface area contributed by atoms with Gasteiger partial charge in [0, 0.05) is 19.2 Å². The molecular formula is C10H7ClF3N3O2S. The highest BCUT2D eigenvalue weighted by molar-refractivity contribution is 7.92. The minimum absolute atomic E-state index is 0.208. The van der Waals surface area contributed by atoms with Crippen LogP contribution in [0, 0.1) is 17.5 Å². The summed E-state index contributed by atoms with van der Waals surface area (Å²) in [6.07, 6.45) is 1.14. The fraction of sp³-hybridized carbons (Fsp3) is 0.100. The molecule has 0 aliphatic heterocycles. The lowest BCUT2D eigenvalue weighted by molar-refractivity contribution is 0.496. The molecule has 0 bridgehead atoms. The van der Waals surface area contributed by atoms with Gasteiger partial charge < -0.3 is 4.57 Å². The number of aromatic nitrogens is 2. The number of aryl methyl sites for hydroxylation is 1. The summed E-state index contributed by atoms with van der Waals surface area (Å²) in [6, 6.07) is 0.617. The Hall–Kier alpha value is -1.74. The topological polar surface area (TPSA) is 64.0 Å². The van der Waals surface area contributed by atoms with Crippen LogP contribution in [0.2, 0.25) is 5.15 Å². The average Bonchev–Trinajstić information content (AvgIpc) is 2.67. The number of hydrogen-bond donors (Lipinski definition) is 1. The molecule has 10 heteroatoms. The van der Waals surface area contributed by atoms with Gasteiger partial charge in [-0.05, 0) is 0 Å². The normalized spacial score (nSPS) is 11.7. The number of halogens is 4. The van der Waals surface area contributed by atoms with Gasteiger partial charge in [-0.25, -0.2) is 18.2 Å². The molecule has 1 aromatic heterocycles. The van der Waals surface area contributed by atoms with Crippen molar-refractivity contribution in [3.63, 3.8) is 0 Å². The van der Waals surface area contributed by atoms with Gasteiger partial charge in [0.25, 0.3) is 10.0 Å². The zero-order chi connectivity index (χ0) is 15.1. The lowest BCUT2D eigenvalue weighted by atomic mass is 10.3. The molecule has 2 aromatic rings. The lowest BCUT2D eigenvalue weighted by Gasteiger charge is -2.08. The molecule has 1 aromatic carbocycles. The number of nitrogens with one attached hydrogen (secondary N) is 1. The van der Waals surface area contributed by atoms with Crippen LogP contribution in [0.25, 0.3) is 0 Å². The summed E-state index contributed by atoms with van der Waals surface area (Å²) in [5.41, 5.74) is -0.745. The molecule has 1 N–H and O–H groups in total. The maximum atomic E-state index is 13.4. The molecule has 0 aliphatic rings. The van der Waals surface area contributed by atoms with Crippen molar-refractivity contribution in [3.8, 4) is 0 Å². The molecule has 0 atom stereocenters. The zero-order valence-electron chi connectivity index (χ0n) is 9.86. The van der Waals surface area contributed by atoms with Gasteiger partial charge in [-0.2, -0.15) is 8.42 Å². The predicted octanol–water partition coefficient (Wildman–Crippen LogP) is 2.29. The first-order chi connectivity index (χ1) is 9.22. The van der Waals surface area contributed by atoms with E-state index in [0.29, 0.717) is 6.07 Å². The highest BCUT2D eigenvalue weighted by Crippen LogP contribution is 2.24. The fourth-order valence-corrected chi connectivity index (χ4v) is 2.86. The van der Waals surface area contributed by atoms with E-state index in [0.717, 1.165) is 6.33 Å². The Balaban J connectivity index is 2.44. The van der Waals surface area contributed by atoms with Crippen molar-refractivity contribution >= 4 is 27.3 Å². The minimum atomic E-state index is -4.32. The van der Waals surface area contributed by atoms with Crippen LogP contribution in [-0.2, 0) is 17.1 Å². The molecule has 5 nitrogen and oxygen atoms in total. The highest BCUT2D eigenvalue weighted by Gasteiger charge is 2.24. The number of anilines is 1. The Kier molecular flexibility index (Phi) is 3.65. The second-order valence-electron chi connectivity index (χ2n) is 3.80. The van der Waals surface area contributed by atoms with Crippen LogP contribution in [0.4, 0.5) is 18.9 Å². The van der Waals surface area contributed by atoms with Crippen LogP contribution in [0.15, 0.2) is 23.5 Å². The molecule has 0 spiro atoms. The van der Waals surface area contributed by atoms with Crippen molar-refractivity contribution in [2.45, 2.75) is 5.03 Å². The number of rotatable bonds is 3. The van der Waals surface area contributed by atoms with Crippen molar-refractivity contribution < 1.29 is 21.6 Å². The summed E-state index contributed by atoms with van der Waals surface area (Å²) < 4.78 is 66.0. The first-order valence-corrected chi connectivity index (χ1v) is 6.92. The van der Waals surface area contributed by atoms with Gasteiger partial charge in [-0.3, -0.25) is 4.72 Å². The highest BCUT2D eigenvalue weighted by atomic mass is 35.5. The van der Waals surface area contributed by atoms with Crippen molar-refractivity contribution in [1.82, 2.24) is 9.55 Å². The van der Waals surface area contributed by atoms with E-state index in [9.17, 15) is 21.6 Å². The van der Waals surface area contributed by atoms with E-state index in [1.54, 1.807) is 4.72 Å². The first kappa shape index (κ1) is 14.7. The number of imidazole rings is 1. The Morgan fingerprint density at radius 2 is 1.80 bits per heavy atom. The number of hydrogen-bond acceptors (Lipinski definition) is 3. The standard InChI is InChI=1S/C10H7ClF3N3O2S/c1-17-4-15-10(9(17)11)20(18,19)16-8-3-6(13)5(12)2-7(8)14/h2-4,16H,1H3. The van der Waals surface area contributed by atoms with Crippen LogP contribution >= 0.6 is 11.6 Å². The summed E-state index contributed by atoms with van der Waals surface area (Å²) in [6.45, 7) is 0. The third-order valence-corrected chi connectivity index (χ3v) is 4.20. The summed E-state index contributed by atoms with van der Waals surface area (Å²) in [7, 11) is -2.87. The van der Waals surface area contributed by atoms with E-state index in [1.165, 1.54) is 11.6 Å². The molecule has 108 valence electrons. The zero-order valence-corrected chi connectivity index (χ0v) is 11.4. The van der Waals surface area contributed by atoms with Crippen LogP contribution in [0.5, 0.6) is 0 Å². The number of sulfonamides is 1. The van der Waals surface area contributed by atoms with Crippen molar-refractivity contribution in [1.29, 1.82) is 0 Å². The van der Waals surface area contributed by atoms with Crippen molar-refractivity contribution in [3.05, 3.63) is 41.1 Å². The molecule has 0 fully saturated rings. The minimum Gasteiger partial charge on any atom is -0.324 e. The van der Waals surface area contributed by atoms with Gasteiger partial charge in [0.2, 0.25) is 5.03 Å². The summed E-state index contributed by atoms with van der Waals surface area (Å²) in [5.74, 6) is -4.09. The van der Waals surface area contributed by atoms with E-state index in [2.05, 4.69) is 4.98 Å². The third kappa shape index (κ3) is 2.59. The van der Waals surface area contributed by atoms with Crippen LogP contribution < -0.4 is 4.72 Å². The van der Waals surface area contributed by atoms with Gasteiger partial charge in [-0.1, -0.05) is 11.6 Å². The van der Waals surface area contributed by atoms with Gasteiger partial charge >= 0.3 is 0 Å². The summed E-state index contributed by atoms with van der Waals surface area (Å²) in [4.78, 5) is 3.54. The predicted molar refractivity (Wildman–Crippen MR) is 65.3 cm³/mol. The third-order valence-electron chi connectivity index (χ3n) is 2.34. The quantitative estimate of drug-likeness (QED) is 0.881. The molecule has 2 rings (SSSR count). The number of nitrogens with zero attached hydrogens (tertiary/aromatic N) is 2. The Morgan fingerprint density at radius 1 is 1.20 bits per heavy atom. The molecule has 20 heavy (non-hydrogen) atoms. The van der Waals surface area contributed by atoms with E-state index in [1.807, 2.05) is 0 Å². The van der Waals surface area contributed by atoms with Crippen molar-refractivity contribution in [2.24, 2.45) is 7.05 Å². The Bertz CT molecular complexity index is 776. The molecule has 0 saturated carbocycles. The molecular weight excluding hydrogens is 319 g/mol. The second-order valence-corrected chi connectivity index (χ2v) is 5.76. The molecule has 0 unspecified atom stereocenters. The SMILES string of the molecule is Cn1cnc(S(=O)(=O)Nc2cc(F)c(F)cc2F)c1Cl. The Labute approximate surface area is 117 Å². The van der Waals surface area contributed by atoms with Crippen LogP contribution in [-0.4, -0.2) is 18.0 Å². The molecule has 0 amide bonds. The molecule has 1 heterocycles. The van der Waals surface area contributed by atoms with Gasteiger partial charge in [0.05, 0.1) is 12.0 Å². The molecule has 0 saturated heterocycles. The maximum Gasteiger partial charge on any atom is 0.282 e. The van der Waals surface area contributed by atoms with Gasteiger partial charge in [-0.15, -0.1) is 0 Å². The first-order valence-electron chi connectivity index (χ1n) is 5.06. The summed E-state index contributed by atoms with van der Waals surface area (Å²) in [5, 5.41) is -0.758. The van der Waals surface area contributed by atoms with Gasteiger partial charge in [0.15, 0.2) is 11.6 Å². The number of benzene rings is 1. The second kappa shape index (κ2) is 4.98. The van der Waals surface area contributed by atoms with Crippen LogP contribution in [0.1, 0.15) is 0 Å². The largest absolute Gasteiger partial charge is 0.324 e. The van der Waals surface area contributed by atoms with E-state index in [-0.39, 0.29) is 11.2 Å². The van der Waals surface area contributed by atoms with E-state index in [4.69, 9.17) is 11.6 Å².